The average molecular weight is 260 g/mol. The monoisotopic (exact) mass is 260 g/mol. The Morgan fingerprint density at radius 1 is 1.53 bits per heavy atom. The summed E-state index contributed by atoms with van der Waals surface area (Å²) in [7, 11) is 0. The molecule has 1 saturated carbocycles. The van der Waals surface area contributed by atoms with Crippen LogP contribution in [0.3, 0.4) is 0 Å². The predicted molar refractivity (Wildman–Crippen MR) is 73.6 cm³/mol. The van der Waals surface area contributed by atoms with E-state index in [1.165, 1.54) is 12.8 Å². The van der Waals surface area contributed by atoms with Gasteiger partial charge in [0.2, 0.25) is 0 Å². The van der Waals surface area contributed by atoms with Gasteiger partial charge in [-0.25, -0.2) is 9.78 Å². The van der Waals surface area contributed by atoms with Crippen LogP contribution in [0.1, 0.15) is 54.2 Å². The Labute approximate surface area is 113 Å². The van der Waals surface area contributed by atoms with E-state index in [-0.39, 0.29) is 0 Å². The van der Waals surface area contributed by atoms with Crippen LogP contribution in [0.25, 0.3) is 0 Å². The topological polar surface area (TPSA) is 62.2 Å². The van der Waals surface area contributed by atoms with Crippen molar-refractivity contribution in [2.45, 2.75) is 51.5 Å². The molecule has 2 atom stereocenters. The van der Waals surface area contributed by atoms with Gasteiger partial charge in [0.15, 0.2) is 0 Å². The molecule has 2 aliphatic rings. The van der Waals surface area contributed by atoms with Gasteiger partial charge in [0.25, 0.3) is 0 Å². The minimum atomic E-state index is -0.877. The van der Waals surface area contributed by atoms with Crippen molar-refractivity contribution < 1.29 is 9.90 Å². The standard InChI is InChI=1S/C15H20N2O2/c1-2-4-9-8-13(9)17-14-11(15(18)19)7-10-5-3-6-12(10)16-14/h7,9,13H,2-6,8H2,1H3,(H,16,17)(H,18,19). The summed E-state index contributed by atoms with van der Waals surface area (Å²) >= 11 is 0. The molecule has 4 nitrogen and oxygen atoms in total. The molecule has 2 unspecified atom stereocenters. The van der Waals surface area contributed by atoms with Crippen LogP contribution in [0.5, 0.6) is 0 Å². The van der Waals surface area contributed by atoms with E-state index in [4.69, 9.17) is 0 Å². The highest BCUT2D eigenvalue weighted by atomic mass is 16.4. The van der Waals surface area contributed by atoms with Crippen molar-refractivity contribution >= 4 is 11.8 Å². The van der Waals surface area contributed by atoms with Gasteiger partial charge in [-0.05, 0) is 49.7 Å². The number of aromatic carboxylic acids is 1. The number of rotatable bonds is 5. The number of hydrogen-bond donors (Lipinski definition) is 2. The number of aryl methyl sites for hydroxylation is 2. The zero-order valence-corrected chi connectivity index (χ0v) is 11.3. The highest BCUT2D eigenvalue weighted by Gasteiger charge is 2.37. The van der Waals surface area contributed by atoms with Gasteiger partial charge < -0.3 is 10.4 Å². The molecule has 102 valence electrons. The number of nitrogens with zero attached hydrogens (tertiary/aromatic N) is 1. The van der Waals surface area contributed by atoms with Crippen LogP contribution in [-0.4, -0.2) is 22.1 Å². The zero-order valence-electron chi connectivity index (χ0n) is 11.3. The van der Waals surface area contributed by atoms with Crippen LogP contribution in [0.4, 0.5) is 5.82 Å². The summed E-state index contributed by atoms with van der Waals surface area (Å²) in [5, 5.41) is 12.7. The molecule has 0 radical (unpaired) electrons. The molecule has 4 heteroatoms. The van der Waals surface area contributed by atoms with Crippen molar-refractivity contribution in [3.8, 4) is 0 Å². The Kier molecular flexibility index (Phi) is 3.17. The molecular weight excluding hydrogens is 240 g/mol. The molecule has 19 heavy (non-hydrogen) atoms. The van der Waals surface area contributed by atoms with Crippen molar-refractivity contribution in [3.63, 3.8) is 0 Å². The Hall–Kier alpha value is -1.58. The van der Waals surface area contributed by atoms with E-state index in [0.717, 1.165) is 36.9 Å². The summed E-state index contributed by atoms with van der Waals surface area (Å²) in [6.45, 7) is 2.19. The lowest BCUT2D eigenvalue weighted by atomic mass is 10.1. The van der Waals surface area contributed by atoms with E-state index in [9.17, 15) is 9.90 Å². The second-order valence-electron chi connectivity index (χ2n) is 5.68. The SMILES string of the molecule is CCCC1CC1Nc1nc2c(cc1C(=O)O)CCC2. The maximum Gasteiger partial charge on any atom is 0.339 e. The maximum absolute atomic E-state index is 11.4. The van der Waals surface area contributed by atoms with E-state index < -0.39 is 5.97 Å². The third kappa shape index (κ3) is 2.44. The third-order valence-corrected chi connectivity index (χ3v) is 4.19. The van der Waals surface area contributed by atoms with Crippen molar-refractivity contribution in [3.05, 3.63) is 22.9 Å². The molecule has 1 aromatic rings. The number of anilines is 1. The smallest absolute Gasteiger partial charge is 0.339 e. The minimum absolute atomic E-state index is 0.336. The summed E-state index contributed by atoms with van der Waals surface area (Å²) in [5.41, 5.74) is 2.53. The van der Waals surface area contributed by atoms with Gasteiger partial charge in [-0.3, -0.25) is 0 Å². The van der Waals surface area contributed by atoms with Gasteiger partial charge in [-0.1, -0.05) is 13.3 Å². The number of carboxylic acids is 1. The fourth-order valence-corrected chi connectivity index (χ4v) is 3.03. The lowest BCUT2D eigenvalue weighted by Crippen LogP contribution is -2.13. The number of aromatic nitrogens is 1. The predicted octanol–water partition coefficient (Wildman–Crippen LogP) is 2.87. The van der Waals surface area contributed by atoms with Crippen LogP contribution >= 0.6 is 0 Å². The highest BCUT2D eigenvalue weighted by molar-refractivity contribution is 5.93. The van der Waals surface area contributed by atoms with Gasteiger partial charge in [-0.15, -0.1) is 0 Å². The Morgan fingerprint density at radius 2 is 2.37 bits per heavy atom. The first-order chi connectivity index (χ1) is 9.19. The molecular formula is C15H20N2O2. The van der Waals surface area contributed by atoms with Crippen LogP contribution in [0, 0.1) is 5.92 Å². The molecule has 0 aromatic carbocycles. The van der Waals surface area contributed by atoms with E-state index in [1.807, 2.05) is 6.07 Å². The van der Waals surface area contributed by atoms with Gasteiger partial charge in [0, 0.05) is 11.7 Å². The molecule has 1 fully saturated rings. The number of carboxylic acid groups (broad SMARTS) is 1. The number of pyridine rings is 1. The van der Waals surface area contributed by atoms with E-state index >= 15 is 0 Å². The largest absolute Gasteiger partial charge is 0.478 e. The second-order valence-corrected chi connectivity index (χ2v) is 5.68. The van der Waals surface area contributed by atoms with Crippen molar-refractivity contribution in [2.75, 3.05) is 5.32 Å². The second kappa shape index (κ2) is 4.83. The summed E-state index contributed by atoms with van der Waals surface area (Å²) in [6, 6.07) is 2.24. The summed E-state index contributed by atoms with van der Waals surface area (Å²) in [5.74, 6) is 0.399. The normalized spacial score (nSPS) is 24.1. The molecule has 0 spiro atoms. The van der Waals surface area contributed by atoms with Crippen molar-refractivity contribution in [1.82, 2.24) is 4.98 Å². The lowest BCUT2D eigenvalue weighted by molar-refractivity contribution is 0.0697. The lowest BCUT2D eigenvalue weighted by Gasteiger charge is -2.11. The Morgan fingerprint density at radius 3 is 3.11 bits per heavy atom. The molecule has 0 aliphatic heterocycles. The molecule has 0 saturated heterocycles. The number of carbonyl (C=O) groups is 1. The van der Waals surface area contributed by atoms with E-state index in [1.54, 1.807) is 0 Å². The third-order valence-electron chi connectivity index (χ3n) is 4.19. The highest BCUT2D eigenvalue weighted by Crippen LogP contribution is 2.38. The molecule has 2 N–H and O–H groups in total. The van der Waals surface area contributed by atoms with E-state index in [2.05, 4.69) is 17.2 Å². The first kappa shape index (κ1) is 12.5. The van der Waals surface area contributed by atoms with Crippen LogP contribution in [0.2, 0.25) is 0 Å². The first-order valence-electron chi connectivity index (χ1n) is 7.21. The number of hydrogen-bond acceptors (Lipinski definition) is 3. The molecule has 2 aliphatic carbocycles. The molecule has 0 amide bonds. The van der Waals surface area contributed by atoms with E-state index in [0.29, 0.717) is 23.3 Å². The molecule has 3 rings (SSSR count). The first-order valence-corrected chi connectivity index (χ1v) is 7.21. The molecule has 1 heterocycles. The number of nitrogens with one attached hydrogen (secondary N) is 1. The van der Waals surface area contributed by atoms with Gasteiger partial charge in [0.05, 0.1) is 0 Å². The quantitative estimate of drug-likeness (QED) is 0.854. The van der Waals surface area contributed by atoms with Gasteiger partial charge in [-0.2, -0.15) is 0 Å². The van der Waals surface area contributed by atoms with Gasteiger partial charge >= 0.3 is 5.97 Å². The Balaban J connectivity index is 1.82. The fourth-order valence-electron chi connectivity index (χ4n) is 3.03. The molecule has 1 aromatic heterocycles. The fraction of sp³-hybridized carbons (Fsp3) is 0.600. The number of fused-ring (bicyclic) bond motifs is 1. The maximum atomic E-state index is 11.4. The Bertz CT molecular complexity index is 513. The average Bonchev–Trinajstić information content (AvgIpc) is 2.93. The minimum Gasteiger partial charge on any atom is -0.478 e. The van der Waals surface area contributed by atoms with Crippen LogP contribution in [0.15, 0.2) is 6.07 Å². The van der Waals surface area contributed by atoms with Crippen LogP contribution < -0.4 is 5.32 Å². The van der Waals surface area contributed by atoms with Crippen LogP contribution in [-0.2, 0) is 12.8 Å². The molecule has 0 bridgehead atoms. The van der Waals surface area contributed by atoms with Crippen molar-refractivity contribution in [1.29, 1.82) is 0 Å². The summed E-state index contributed by atoms with van der Waals surface area (Å²) < 4.78 is 0. The summed E-state index contributed by atoms with van der Waals surface area (Å²) in [6.07, 6.45) is 6.58. The zero-order chi connectivity index (χ0) is 13.4. The summed E-state index contributed by atoms with van der Waals surface area (Å²) in [4.78, 5) is 15.9. The van der Waals surface area contributed by atoms with Crippen molar-refractivity contribution in [2.24, 2.45) is 5.92 Å². The van der Waals surface area contributed by atoms with Gasteiger partial charge in [0.1, 0.15) is 11.4 Å².